The molecule has 6 heteroatoms. The summed E-state index contributed by atoms with van der Waals surface area (Å²) in [5, 5.41) is 11.9. The lowest BCUT2D eigenvalue weighted by molar-refractivity contribution is -0.112. The van der Waals surface area contributed by atoms with Crippen LogP contribution in [0, 0.1) is 23.0 Å². The van der Waals surface area contributed by atoms with Crippen molar-refractivity contribution in [3.63, 3.8) is 0 Å². The number of carbonyl (C=O) groups excluding carboxylic acids is 1. The van der Waals surface area contributed by atoms with Crippen LogP contribution in [-0.2, 0) is 11.4 Å². The molecular formula is C23H16F2N2O2. The van der Waals surface area contributed by atoms with E-state index in [9.17, 15) is 18.8 Å². The summed E-state index contributed by atoms with van der Waals surface area (Å²) in [5.41, 5.74) is 1.09. The number of halogens is 2. The Morgan fingerprint density at radius 1 is 1.00 bits per heavy atom. The number of hydrogen-bond donors (Lipinski definition) is 1. The number of hydrogen-bond acceptors (Lipinski definition) is 3. The normalized spacial score (nSPS) is 10.9. The topological polar surface area (TPSA) is 62.1 Å². The number of nitrogens with zero attached hydrogens (tertiary/aromatic N) is 1. The Balaban J connectivity index is 1.78. The molecule has 4 nitrogen and oxygen atoms in total. The van der Waals surface area contributed by atoms with Crippen molar-refractivity contribution in [1.82, 2.24) is 0 Å². The van der Waals surface area contributed by atoms with Gasteiger partial charge < -0.3 is 10.1 Å². The summed E-state index contributed by atoms with van der Waals surface area (Å²) >= 11 is 0. The summed E-state index contributed by atoms with van der Waals surface area (Å²) in [6.45, 7) is 0.00118. The number of benzene rings is 3. The minimum Gasteiger partial charge on any atom is -0.488 e. The highest BCUT2D eigenvalue weighted by Crippen LogP contribution is 2.23. The second-order valence-electron chi connectivity index (χ2n) is 6.05. The van der Waals surface area contributed by atoms with Gasteiger partial charge in [0, 0.05) is 16.8 Å². The smallest absolute Gasteiger partial charge is 0.266 e. The number of nitrogens with one attached hydrogen (secondary N) is 1. The van der Waals surface area contributed by atoms with Gasteiger partial charge in [0.25, 0.3) is 5.91 Å². The summed E-state index contributed by atoms with van der Waals surface area (Å²) in [6, 6.07) is 20.1. The summed E-state index contributed by atoms with van der Waals surface area (Å²) in [6.07, 6.45) is 1.38. The molecule has 144 valence electrons. The average molecular weight is 390 g/mol. The van der Waals surface area contributed by atoms with Crippen molar-refractivity contribution in [3.8, 4) is 11.8 Å². The van der Waals surface area contributed by atoms with Gasteiger partial charge in [-0.3, -0.25) is 4.79 Å². The molecule has 1 N–H and O–H groups in total. The van der Waals surface area contributed by atoms with E-state index in [4.69, 9.17) is 4.74 Å². The van der Waals surface area contributed by atoms with Gasteiger partial charge in [-0.1, -0.05) is 36.4 Å². The van der Waals surface area contributed by atoms with E-state index in [1.165, 1.54) is 36.4 Å². The van der Waals surface area contributed by atoms with Crippen LogP contribution in [0.2, 0.25) is 0 Å². The molecule has 0 atom stereocenters. The van der Waals surface area contributed by atoms with E-state index in [2.05, 4.69) is 5.32 Å². The number of carbonyl (C=O) groups is 1. The number of amides is 1. The second kappa shape index (κ2) is 9.29. The van der Waals surface area contributed by atoms with Gasteiger partial charge in [-0.25, -0.2) is 8.78 Å². The minimum absolute atomic E-state index is 0.00118. The highest BCUT2D eigenvalue weighted by atomic mass is 19.1. The van der Waals surface area contributed by atoms with E-state index < -0.39 is 11.7 Å². The summed E-state index contributed by atoms with van der Waals surface area (Å²) in [4.78, 5) is 12.4. The first-order valence-corrected chi connectivity index (χ1v) is 8.71. The molecule has 0 saturated heterocycles. The molecule has 0 fully saturated rings. The average Bonchev–Trinajstić information content (AvgIpc) is 2.73. The van der Waals surface area contributed by atoms with E-state index in [1.807, 2.05) is 6.07 Å². The fourth-order valence-corrected chi connectivity index (χ4v) is 2.54. The quantitative estimate of drug-likeness (QED) is 0.471. The lowest BCUT2D eigenvalue weighted by Crippen LogP contribution is -2.13. The maximum absolute atomic E-state index is 13.8. The Labute approximate surface area is 166 Å². The molecule has 3 aromatic carbocycles. The van der Waals surface area contributed by atoms with E-state index in [0.29, 0.717) is 22.6 Å². The van der Waals surface area contributed by atoms with Crippen LogP contribution in [0.4, 0.5) is 14.5 Å². The number of ether oxygens (including phenoxy) is 1. The van der Waals surface area contributed by atoms with Crippen molar-refractivity contribution in [2.75, 3.05) is 5.32 Å². The van der Waals surface area contributed by atoms with Gasteiger partial charge in [-0.05, 0) is 42.5 Å². The second-order valence-corrected chi connectivity index (χ2v) is 6.05. The minimum atomic E-state index is -0.636. The third kappa shape index (κ3) is 5.27. The van der Waals surface area contributed by atoms with Crippen LogP contribution in [0.5, 0.6) is 5.75 Å². The molecule has 0 aliphatic heterocycles. The van der Waals surface area contributed by atoms with Gasteiger partial charge in [0.05, 0.1) is 0 Å². The molecule has 0 saturated carbocycles. The Hall–Kier alpha value is -3.98. The summed E-state index contributed by atoms with van der Waals surface area (Å²) in [7, 11) is 0. The largest absolute Gasteiger partial charge is 0.488 e. The number of para-hydroxylation sites is 1. The van der Waals surface area contributed by atoms with Crippen LogP contribution in [0.15, 0.2) is 78.4 Å². The molecule has 3 aromatic rings. The van der Waals surface area contributed by atoms with Crippen LogP contribution in [0.1, 0.15) is 11.1 Å². The molecule has 29 heavy (non-hydrogen) atoms. The van der Waals surface area contributed by atoms with Crippen LogP contribution in [0.25, 0.3) is 6.08 Å². The van der Waals surface area contributed by atoms with Crippen LogP contribution >= 0.6 is 0 Å². The zero-order chi connectivity index (χ0) is 20.6. The zero-order valence-corrected chi connectivity index (χ0v) is 15.2. The third-order valence-electron chi connectivity index (χ3n) is 4.03. The predicted octanol–water partition coefficient (Wildman–Crippen LogP) is 5.09. The fourth-order valence-electron chi connectivity index (χ4n) is 2.54. The monoisotopic (exact) mass is 390 g/mol. The fraction of sp³-hybridized carbons (Fsp3) is 0.0435. The van der Waals surface area contributed by atoms with Gasteiger partial charge in [0.15, 0.2) is 0 Å². The molecule has 0 aliphatic rings. The Morgan fingerprint density at radius 3 is 2.41 bits per heavy atom. The standard InChI is InChI=1S/C23H16F2N2O2/c24-19-9-11-20(12-10-19)27-23(28)18(14-26)13-16-5-2-4-8-22(16)29-15-17-6-1-3-7-21(17)25/h1-13H,15H2,(H,27,28)/b18-13+. The number of anilines is 1. The highest BCUT2D eigenvalue weighted by molar-refractivity contribution is 6.09. The Kier molecular flexibility index (Phi) is 6.33. The van der Waals surface area contributed by atoms with Crippen LogP contribution in [-0.4, -0.2) is 5.91 Å². The first-order valence-electron chi connectivity index (χ1n) is 8.71. The molecule has 1 amide bonds. The predicted molar refractivity (Wildman–Crippen MR) is 106 cm³/mol. The van der Waals surface area contributed by atoms with E-state index >= 15 is 0 Å². The number of nitriles is 1. The van der Waals surface area contributed by atoms with E-state index in [1.54, 1.807) is 42.5 Å². The Morgan fingerprint density at radius 2 is 1.69 bits per heavy atom. The van der Waals surface area contributed by atoms with Crippen molar-refractivity contribution in [2.24, 2.45) is 0 Å². The first kappa shape index (κ1) is 19.8. The van der Waals surface area contributed by atoms with Gasteiger partial charge in [-0.15, -0.1) is 0 Å². The molecule has 0 unspecified atom stereocenters. The molecule has 0 bridgehead atoms. The summed E-state index contributed by atoms with van der Waals surface area (Å²) in [5.74, 6) is -1.04. The maximum atomic E-state index is 13.8. The molecular weight excluding hydrogens is 374 g/mol. The SMILES string of the molecule is N#C/C(=C\c1ccccc1OCc1ccccc1F)C(=O)Nc1ccc(F)cc1. The molecule has 0 aromatic heterocycles. The van der Waals surface area contributed by atoms with Gasteiger partial charge >= 0.3 is 0 Å². The van der Waals surface area contributed by atoms with Crippen molar-refractivity contribution in [3.05, 3.63) is 101 Å². The maximum Gasteiger partial charge on any atom is 0.266 e. The lowest BCUT2D eigenvalue weighted by atomic mass is 10.1. The van der Waals surface area contributed by atoms with Crippen molar-refractivity contribution < 1.29 is 18.3 Å². The van der Waals surface area contributed by atoms with Crippen molar-refractivity contribution >= 4 is 17.7 Å². The van der Waals surface area contributed by atoms with E-state index in [-0.39, 0.29) is 18.0 Å². The Bertz CT molecular complexity index is 1090. The van der Waals surface area contributed by atoms with Crippen LogP contribution in [0.3, 0.4) is 0 Å². The molecule has 0 heterocycles. The molecule has 0 spiro atoms. The summed E-state index contributed by atoms with van der Waals surface area (Å²) < 4.78 is 32.5. The number of rotatable bonds is 6. The first-order chi connectivity index (χ1) is 14.1. The molecule has 0 radical (unpaired) electrons. The van der Waals surface area contributed by atoms with Gasteiger partial charge in [0.1, 0.15) is 35.6 Å². The van der Waals surface area contributed by atoms with Crippen LogP contribution < -0.4 is 10.1 Å². The van der Waals surface area contributed by atoms with Crippen molar-refractivity contribution in [2.45, 2.75) is 6.61 Å². The molecule has 0 aliphatic carbocycles. The van der Waals surface area contributed by atoms with E-state index in [0.717, 1.165) is 0 Å². The van der Waals surface area contributed by atoms with Gasteiger partial charge in [0.2, 0.25) is 0 Å². The lowest BCUT2D eigenvalue weighted by Gasteiger charge is -2.10. The zero-order valence-electron chi connectivity index (χ0n) is 15.2. The van der Waals surface area contributed by atoms with Gasteiger partial charge in [-0.2, -0.15) is 5.26 Å². The molecule has 3 rings (SSSR count). The third-order valence-corrected chi connectivity index (χ3v) is 4.03. The van der Waals surface area contributed by atoms with Crippen molar-refractivity contribution in [1.29, 1.82) is 5.26 Å². The highest BCUT2D eigenvalue weighted by Gasteiger charge is 2.12.